The predicted octanol–water partition coefficient (Wildman–Crippen LogP) is 13.8. The van der Waals surface area contributed by atoms with Crippen molar-refractivity contribution in [1.29, 1.82) is 0 Å². The molecule has 2 aliphatic rings. The van der Waals surface area contributed by atoms with Crippen LogP contribution in [-0.4, -0.2) is 0 Å². The first kappa shape index (κ1) is 41.1. The van der Waals surface area contributed by atoms with Crippen LogP contribution >= 0.6 is 15.6 Å². The van der Waals surface area contributed by atoms with Crippen molar-refractivity contribution in [3.8, 4) is 23.0 Å². The third kappa shape index (κ3) is 8.46. The lowest BCUT2D eigenvalue weighted by Crippen LogP contribution is -2.22. The fourth-order valence-corrected chi connectivity index (χ4v) is 11.0. The van der Waals surface area contributed by atoms with Gasteiger partial charge in [-0.2, -0.15) is 0 Å². The van der Waals surface area contributed by atoms with Crippen LogP contribution in [0.5, 0.6) is 23.0 Å². The lowest BCUT2D eigenvalue weighted by atomic mass is 9.81. The Labute approximate surface area is 329 Å². The van der Waals surface area contributed by atoms with E-state index in [4.69, 9.17) is 22.4 Å². The van der Waals surface area contributed by atoms with Crippen molar-refractivity contribution in [1.82, 2.24) is 0 Å². The molecule has 55 heavy (non-hydrogen) atoms. The fourth-order valence-electron chi connectivity index (χ4n) is 7.66. The first-order chi connectivity index (χ1) is 25.1. The highest BCUT2D eigenvalue weighted by molar-refractivity contribution is 7.63. The third-order valence-corrected chi connectivity index (χ3v) is 13.5. The van der Waals surface area contributed by atoms with Crippen LogP contribution in [0.2, 0.25) is 0 Å². The summed E-state index contributed by atoms with van der Waals surface area (Å²) in [7, 11) is -9.81. The highest BCUT2D eigenvalue weighted by Crippen LogP contribution is 2.68. The summed E-state index contributed by atoms with van der Waals surface area (Å²) in [6.07, 6.45) is 0.933. The number of aryl methyl sites for hydroxylation is 4. The minimum Gasteiger partial charge on any atom is -0.394 e. The molecular weight excluding hydrogens is 726 g/mol. The van der Waals surface area contributed by atoms with E-state index in [1.54, 1.807) is 0 Å². The molecule has 2 aliphatic heterocycles. The van der Waals surface area contributed by atoms with Crippen molar-refractivity contribution in [3.63, 3.8) is 0 Å². The minimum atomic E-state index is -4.91. The smallest absolute Gasteiger partial charge is 0.394 e. The molecule has 0 saturated carbocycles. The number of hydrogen-bond acceptors (Lipinski definition) is 7. The van der Waals surface area contributed by atoms with Crippen molar-refractivity contribution in [2.45, 2.75) is 145 Å². The van der Waals surface area contributed by atoms with E-state index in [0.717, 1.165) is 66.8 Å². The Morgan fingerprint density at radius 3 is 0.782 bits per heavy atom. The normalized spacial score (nSPS) is 16.6. The van der Waals surface area contributed by atoms with Crippen molar-refractivity contribution < 1.29 is 31.5 Å². The summed E-state index contributed by atoms with van der Waals surface area (Å²) in [5, 5.41) is 0. The molecule has 0 bridgehead atoms. The monoisotopic (exact) mass is 786 g/mol. The molecule has 0 fully saturated rings. The maximum atomic E-state index is 15.8. The molecule has 6 rings (SSSR count). The van der Waals surface area contributed by atoms with Gasteiger partial charge in [-0.15, -0.1) is 4.31 Å². The van der Waals surface area contributed by atoms with Crippen LogP contribution in [0.4, 0.5) is 0 Å². The van der Waals surface area contributed by atoms with E-state index < -0.39 is 37.3 Å². The van der Waals surface area contributed by atoms with Crippen molar-refractivity contribution in [3.05, 3.63) is 115 Å². The van der Waals surface area contributed by atoms with Gasteiger partial charge in [0.1, 0.15) is 23.0 Å². The highest BCUT2D eigenvalue weighted by Gasteiger charge is 2.51. The van der Waals surface area contributed by atoms with Gasteiger partial charge in [-0.1, -0.05) is 154 Å². The second kappa shape index (κ2) is 13.6. The molecule has 0 radical (unpaired) electrons. The van der Waals surface area contributed by atoms with Gasteiger partial charge in [0.25, 0.3) is 0 Å². The molecule has 0 saturated heterocycles. The van der Waals surface area contributed by atoms with E-state index >= 15 is 9.13 Å². The summed E-state index contributed by atoms with van der Waals surface area (Å²) < 4.78 is 64.6. The zero-order chi connectivity index (χ0) is 40.8. The van der Waals surface area contributed by atoms with Crippen LogP contribution in [0.15, 0.2) is 48.5 Å². The Morgan fingerprint density at radius 2 is 0.600 bits per heavy atom. The van der Waals surface area contributed by atoms with E-state index in [1.807, 2.05) is 52.0 Å². The number of fused-ring (bicyclic) bond motifs is 4. The molecular formula is C46H60O7P2. The van der Waals surface area contributed by atoms with Gasteiger partial charge in [0, 0.05) is 35.1 Å². The van der Waals surface area contributed by atoms with Crippen molar-refractivity contribution in [2.24, 2.45) is 0 Å². The van der Waals surface area contributed by atoms with Crippen LogP contribution in [-0.2, 0) is 47.9 Å². The Balaban J connectivity index is 1.66. The SMILES string of the molecule is Cc1cc2c(c(C(C)(C)C)c1)OP(=O)(OP1(=O)Oc3c(cc(C)cc3C(C)(C)C)Cc3cc(C)cc(C(C)(C)C)c3O1)Oc1c(cc(C)cc1C(C)(C)C)C2. The highest BCUT2D eigenvalue weighted by atomic mass is 31.3. The van der Waals surface area contributed by atoms with Gasteiger partial charge in [-0.25, -0.2) is 9.13 Å². The van der Waals surface area contributed by atoms with Crippen LogP contribution in [0, 0.1) is 27.7 Å². The van der Waals surface area contributed by atoms with Crippen LogP contribution in [0.1, 0.15) is 150 Å². The number of phosphoric ester groups is 2. The van der Waals surface area contributed by atoms with Gasteiger partial charge in [-0.3, -0.25) is 0 Å². The second-order valence-corrected chi connectivity index (χ2v) is 23.1. The summed E-state index contributed by atoms with van der Waals surface area (Å²) in [6, 6.07) is 16.4. The zero-order valence-corrected chi connectivity index (χ0v) is 37.6. The quantitative estimate of drug-likeness (QED) is 0.187. The summed E-state index contributed by atoms with van der Waals surface area (Å²) in [5.41, 5.74) is 9.10. The van der Waals surface area contributed by atoms with Gasteiger partial charge >= 0.3 is 15.6 Å². The molecule has 9 heteroatoms. The van der Waals surface area contributed by atoms with Crippen molar-refractivity contribution in [2.75, 3.05) is 0 Å². The molecule has 0 spiro atoms. The number of benzene rings is 4. The average molecular weight is 787 g/mol. The Morgan fingerprint density at radius 1 is 0.400 bits per heavy atom. The van der Waals surface area contributed by atoms with Crippen molar-refractivity contribution >= 4 is 15.6 Å². The first-order valence-electron chi connectivity index (χ1n) is 19.3. The molecule has 2 heterocycles. The topological polar surface area (TPSA) is 80.3 Å². The summed E-state index contributed by atoms with van der Waals surface area (Å²) in [5.74, 6) is 1.51. The van der Waals surface area contributed by atoms with Gasteiger partial charge in [0.05, 0.1) is 0 Å². The Bertz CT molecular complexity index is 1980. The third-order valence-electron chi connectivity index (χ3n) is 10.2. The maximum Gasteiger partial charge on any atom is 0.598 e. The summed E-state index contributed by atoms with van der Waals surface area (Å²) in [4.78, 5) is 0. The van der Waals surface area contributed by atoms with E-state index in [2.05, 4.69) is 107 Å². The van der Waals surface area contributed by atoms with Gasteiger partial charge in [0.15, 0.2) is 0 Å². The molecule has 296 valence electrons. The van der Waals surface area contributed by atoms with E-state index in [0.29, 0.717) is 35.8 Å². The summed E-state index contributed by atoms with van der Waals surface area (Å²) >= 11 is 0. The molecule has 4 aromatic carbocycles. The lowest BCUT2D eigenvalue weighted by Gasteiger charge is -2.35. The van der Waals surface area contributed by atoms with Crippen LogP contribution < -0.4 is 18.1 Å². The zero-order valence-electron chi connectivity index (χ0n) is 35.8. The molecule has 0 aromatic heterocycles. The Hall–Kier alpha value is -3.50. The predicted molar refractivity (Wildman–Crippen MR) is 224 cm³/mol. The maximum absolute atomic E-state index is 15.8. The number of rotatable bonds is 2. The first-order valence-corrected chi connectivity index (χ1v) is 22.2. The minimum absolute atomic E-state index is 0.377. The average Bonchev–Trinajstić information content (AvgIpc) is 2.98. The number of hydrogen-bond donors (Lipinski definition) is 0. The molecule has 7 nitrogen and oxygen atoms in total. The standard InChI is InChI=1S/C46H60O7P2/c1-27-17-31-25-32-18-28(2)22-36(44(8,9)10)40(32)50-54(47,49-39(31)35(21-27)43(5,6)7)53-55(48)51-41-33(19-29(3)23-37(41)45(11,12)13)26-34-20-30(4)24-38(42(34)52-55)46(14,15)16/h17-24H,25-26H2,1-16H3. The van der Waals surface area contributed by atoms with Crippen LogP contribution in [0.25, 0.3) is 0 Å². The van der Waals surface area contributed by atoms with Crippen LogP contribution in [0.3, 0.4) is 0 Å². The van der Waals surface area contributed by atoms with E-state index in [1.165, 1.54) is 0 Å². The molecule has 0 atom stereocenters. The fraction of sp³-hybridized carbons (Fsp3) is 0.478. The van der Waals surface area contributed by atoms with Gasteiger partial charge < -0.3 is 18.1 Å². The van der Waals surface area contributed by atoms with Gasteiger partial charge in [-0.05, 0) is 71.6 Å². The largest absolute Gasteiger partial charge is 0.598 e. The molecule has 4 aromatic rings. The summed E-state index contributed by atoms with van der Waals surface area (Å²) in [6.45, 7) is 33.1. The second-order valence-electron chi connectivity index (χ2n) is 19.9. The van der Waals surface area contributed by atoms with E-state index in [9.17, 15) is 0 Å². The molecule has 0 aliphatic carbocycles. The Kier molecular flexibility index (Phi) is 10.1. The molecule has 0 unspecified atom stereocenters. The lowest BCUT2D eigenvalue weighted by molar-refractivity contribution is 0.235. The molecule has 0 N–H and O–H groups in total. The van der Waals surface area contributed by atoms with E-state index in [-0.39, 0.29) is 0 Å². The molecule has 0 amide bonds. The number of phosphoric acid groups is 2. The van der Waals surface area contributed by atoms with Gasteiger partial charge in [0.2, 0.25) is 0 Å².